The van der Waals surface area contributed by atoms with E-state index in [0.29, 0.717) is 17.2 Å². The summed E-state index contributed by atoms with van der Waals surface area (Å²) < 4.78 is 0.725. The molecule has 1 fully saturated rings. The maximum atomic E-state index is 5.65. The predicted molar refractivity (Wildman–Crippen MR) is 69.2 cm³/mol. The van der Waals surface area contributed by atoms with Crippen LogP contribution in [0.3, 0.4) is 0 Å². The van der Waals surface area contributed by atoms with Crippen LogP contribution in [-0.4, -0.2) is 16.5 Å². The fourth-order valence-electron chi connectivity index (χ4n) is 2.00. The first-order valence-corrected chi connectivity index (χ1v) is 6.47. The lowest BCUT2D eigenvalue weighted by Gasteiger charge is -2.14. The molecule has 5 heteroatoms. The minimum Gasteiger partial charge on any atom is -0.383 e. The summed E-state index contributed by atoms with van der Waals surface area (Å²) in [6.45, 7) is 3.18. The van der Waals surface area contributed by atoms with E-state index in [1.54, 1.807) is 6.07 Å². The molecule has 0 amide bonds. The topological polar surface area (TPSA) is 63.8 Å². The van der Waals surface area contributed by atoms with Crippen molar-refractivity contribution in [1.82, 2.24) is 9.97 Å². The lowest BCUT2D eigenvalue weighted by Crippen LogP contribution is -2.17. The highest BCUT2D eigenvalue weighted by atomic mass is 79.9. The molecule has 0 radical (unpaired) electrons. The molecular weight excluding hydrogens is 268 g/mol. The summed E-state index contributed by atoms with van der Waals surface area (Å²) in [5, 5.41) is 3.28. The average Bonchev–Trinajstić information content (AvgIpc) is 2.95. The largest absolute Gasteiger partial charge is 0.383 e. The van der Waals surface area contributed by atoms with Crippen molar-refractivity contribution >= 4 is 27.7 Å². The Balaban J connectivity index is 1.94. The third-order valence-corrected chi connectivity index (χ3v) is 3.48. The molecule has 1 heterocycles. The molecule has 0 spiro atoms. The Morgan fingerprint density at radius 1 is 1.50 bits per heavy atom. The number of anilines is 2. The number of hydrogen-bond donors (Lipinski definition) is 2. The molecule has 0 saturated heterocycles. The fraction of sp³-hybridized carbons (Fsp3) is 0.636. The number of nitrogens with two attached hydrogens (primary N) is 1. The van der Waals surface area contributed by atoms with Crippen LogP contribution in [0.5, 0.6) is 0 Å². The van der Waals surface area contributed by atoms with Crippen molar-refractivity contribution in [3.8, 4) is 0 Å². The third kappa shape index (κ3) is 2.84. The molecular formula is C11H17BrN4. The lowest BCUT2D eigenvalue weighted by atomic mass is 10.0. The number of nitrogen functional groups attached to an aromatic ring is 1. The standard InChI is InChI=1S/C11H17BrN4/c1-2-3-11(4-5-11)7-14-10-15-8(12)6-9(13)16-10/h6H,2-5,7H2,1H3,(H3,13,14,15,16). The number of rotatable bonds is 5. The van der Waals surface area contributed by atoms with Gasteiger partial charge in [-0.2, -0.15) is 4.98 Å². The van der Waals surface area contributed by atoms with Crippen LogP contribution in [0.2, 0.25) is 0 Å². The predicted octanol–water partition coefficient (Wildman–Crippen LogP) is 2.81. The van der Waals surface area contributed by atoms with Gasteiger partial charge in [0, 0.05) is 12.6 Å². The van der Waals surface area contributed by atoms with Crippen molar-refractivity contribution < 1.29 is 0 Å². The molecule has 0 aliphatic heterocycles. The first-order valence-electron chi connectivity index (χ1n) is 5.67. The Morgan fingerprint density at radius 2 is 2.25 bits per heavy atom. The highest BCUT2D eigenvalue weighted by Crippen LogP contribution is 2.49. The van der Waals surface area contributed by atoms with E-state index in [1.165, 1.54) is 25.7 Å². The lowest BCUT2D eigenvalue weighted by molar-refractivity contribution is 0.484. The number of nitrogens with one attached hydrogen (secondary N) is 1. The van der Waals surface area contributed by atoms with Crippen molar-refractivity contribution in [1.29, 1.82) is 0 Å². The molecule has 0 unspecified atom stereocenters. The zero-order valence-electron chi connectivity index (χ0n) is 9.46. The summed E-state index contributed by atoms with van der Waals surface area (Å²) in [6.07, 6.45) is 5.15. The van der Waals surface area contributed by atoms with E-state index < -0.39 is 0 Å². The molecule has 1 aromatic heterocycles. The molecule has 16 heavy (non-hydrogen) atoms. The highest BCUT2D eigenvalue weighted by molar-refractivity contribution is 9.10. The Morgan fingerprint density at radius 3 is 2.81 bits per heavy atom. The molecule has 1 saturated carbocycles. The van der Waals surface area contributed by atoms with Crippen LogP contribution >= 0.6 is 15.9 Å². The number of hydrogen-bond acceptors (Lipinski definition) is 4. The Bertz CT molecular complexity index is 356. The number of halogens is 1. The molecule has 2 rings (SSSR count). The van der Waals surface area contributed by atoms with Crippen LogP contribution < -0.4 is 11.1 Å². The van der Waals surface area contributed by atoms with Gasteiger partial charge in [0.05, 0.1) is 0 Å². The van der Waals surface area contributed by atoms with Gasteiger partial charge in [-0.3, -0.25) is 0 Å². The molecule has 88 valence electrons. The van der Waals surface area contributed by atoms with Crippen LogP contribution in [0.4, 0.5) is 11.8 Å². The molecule has 4 nitrogen and oxygen atoms in total. The molecule has 1 aromatic rings. The van der Waals surface area contributed by atoms with Crippen molar-refractivity contribution in [2.45, 2.75) is 32.6 Å². The van der Waals surface area contributed by atoms with Gasteiger partial charge in [-0.1, -0.05) is 13.3 Å². The maximum absolute atomic E-state index is 5.65. The summed E-state index contributed by atoms with van der Waals surface area (Å²) in [7, 11) is 0. The second-order valence-corrected chi connectivity index (χ2v) is 5.36. The smallest absolute Gasteiger partial charge is 0.225 e. The summed E-state index contributed by atoms with van der Waals surface area (Å²) in [5.41, 5.74) is 6.15. The average molecular weight is 285 g/mol. The van der Waals surface area contributed by atoms with Gasteiger partial charge in [-0.25, -0.2) is 4.98 Å². The van der Waals surface area contributed by atoms with E-state index in [-0.39, 0.29) is 0 Å². The normalized spacial score (nSPS) is 17.1. The maximum Gasteiger partial charge on any atom is 0.225 e. The fourth-order valence-corrected chi connectivity index (χ4v) is 2.41. The molecule has 0 bridgehead atoms. The van der Waals surface area contributed by atoms with Gasteiger partial charge in [0.25, 0.3) is 0 Å². The second kappa shape index (κ2) is 4.57. The van der Waals surface area contributed by atoms with Gasteiger partial charge in [-0.15, -0.1) is 0 Å². The van der Waals surface area contributed by atoms with E-state index in [2.05, 4.69) is 38.1 Å². The first kappa shape index (κ1) is 11.6. The number of aromatic nitrogens is 2. The van der Waals surface area contributed by atoms with E-state index in [9.17, 15) is 0 Å². The molecule has 1 aliphatic rings. The zero-order chi connectivity index (χ0) is 11.6. The highest BCUT2D eigenvalue weighted by Gasteiger charge is 2.41. The first-order chi connectivity index (χ1) is 7.63. The molecule has 0 aromatic carbocycles. The minimum absolute atomic E-state index is 0.490. The molecule has 0 atom stereocenters. The summed E-state index contributed by atoms with van der Waals surface area (Å²) >= 11 is 3.31. The molecule has 1 aliphatic carbocycles. The van der Waals surface area contributed by atoms with Gasteiger partial charge in [0.2, 0.25) is 5.95 Å². The Kier molecular flexibility index (Phi) is 3.33. The monoisotopic (exact) mass is 284 g/mol. The van der Waals surface area contributed by atoms with Crippen molar-refractivity contribution in [2.24, 2.45) is 5.41 Å². The number of nitrogens with zero attached hydrogens (tertiary/aromatic N) is 2. The summed E-state index contributed by atoms with van der Waals surface area (Å²) in [4.78, 5) is 8.39. The van der Waals surface area contributed by atoms with Gasteiger partial charge in [0.1, 0.15) is 10.4 Å². The Hall–Kier alpha value is -0.840. The van der Waals surface area contributed by atoms with Gasteiger partial charge in [0.15, 0.2) is 0 Å². The van der Waals surface area contributed by atoms with Crippen molar-refractivity contribution in [3.05, 3.63) is 10.7 Å². The van der Waals surface area contributed by atoms with Gasteiger partial charge < -0.3 is 11.1 Å². The molecule has 3 N–H and O–H groups in total. The zero-order valence-corrected chi connectivity index (χ0v) is 11.0. The van der Waals surface area contributed by atoms with E-state index in [1.807, 2.05) is 0 Å². The van der Waals surface area contributed by atoms with Gasteiger partial charge in [-0.05, 0) is 40.6 Å². The van der Waals surface area contributed by atoms with E-state index in [0.717, 1.165) is 11.1 Å². The SMILES string of the molecule is CCCC1(CNc2nc(N)cc(Br)n2)CC1. The summed E-state index contributed by atoms with van der Waals surface area (Å²) in [5.74, 6) is 1.11. The van der Waals surface area contributed by atoms with Crippen LogP contribution in [0, 0.1) is 5.41 Å². The van der Waals surface area contributed by atoms with Crippen molar-refractivity contribution in [2.75, 3.05) is 17.6 Å². The second-order valence-electron chi connectivity index (χ2n) is 4.54. The van der Waals surface area contributed by atoms with E-state index >= 15 is 0 Å². The third-order valence-electron chi connectivity index (χ3n) is 3.07. The van der Waals surface area contributed by atoms with Crippen molar-refractivity contribution in [3.63, 3.8) is 0 Å². The van der Waals surface area contributed by atoms with E-state index in [4.69, 9.17) is 5.73 Å². The van der Waals surface area contributed by atoms with Gasteiger partial charge >= 0.3 is 0 Å². The quantitative estimate of drug-likeness (QED) is 0.816. The Labute approximate surface area is 104 Å². The minimum atomic E-state index is 0.490. The van der Waals surface area contributed by atoms with Crippen LogP contribution in [0.15, 0.2) is 10.7 Å². The van der Waals surface area contributed by atoms with Crippen LogP contribution in [0.1, 0.15) is 32.6 Å². The van der Waals surface area contributed by atoms with Crippen LogP contribution in [0.25, 0.3) is 0 Å². The van der Waals surface area contributed by atoms with Crippen LogP contribution in [-0.2, 0) is 0 Å². The summed E-state index contributed by atoms with van der Waals surface area (Å²) in [6, 6.07) is 1.70.